The van der Waals surface area contributed by atoms with E-state index in [-0.39, 0.29) is 36.2 Å². The number of alkyl carbamates (subject to hydrolysis) is 1. The highest BCUT2D eigenvalue weighted by Gasteiger charge is 2.48. The molecular weight excluding hydrogens is 502 g/mol. The molecule has 0 saturated heterocycles. The first kappa shape index (κ1) is 30.7. The van der Waals surface area contributed by atoms with Crippen LogP contribution in [0, 0.1) is 18.3 Å². The maximum atomic E-state index is 14.5. The Morgan fingerprint density at radius 2 is 1.70 bits per heavy atom. The second-order valence-corrected chi connectivity index (χ2v) is 11.7. The van der Waals surface area contributed by atoms with E-state index in [0.29, 0.717) is 11.1 Å². The summed E-state index contributed by atoms with van der Waals surface area (Å²) in [5.74, 6) is 2.26. The summed E-state index contributed by atoms with van der Waals surface area (Å²) in [5.41, 5.74) is 1.28. The maximum absolute atomic E-state index is 14.5. The van der Waals surface area contributed by atoms with Gasteiger partial charge in [-0.15, -0.1) is 6.42 Å². The van der Waals surface area contributed by atoms with Gasteiger partial charge >= 0.3 is 6.09 Å². The lowest BCUT2D eigenvalue weighted by Gasteiger charge is -2.36. The summed E-state index contributed by atoms with van der Waals surface area (Å²) in [4.78, 5) is 43.1. The number of ether oxygens (including phenoxy) is 1. The Bertz CT molecular complexity index is 1210. The minimum atomic E-state index is -0.952. The van der Waals surface area contributed by atoms with Crippen molar-refractivity contribution in [2.24, 2.45) is 5.92 Å². The molecule has 5 unspecified atom stereocenters. The van der Waals surface area contributed by atoms with Gasteiger partial charge in [-0.25, -0.2) is 4.79 Å². The lowest BCUT2D eigenvalue weighted by atomic mass is 9.96. The van der Waals surface area contributed by atoms with E-state index >= 15 is 0 Å². The van der Waals surface area contributed by atoms with Crippen LogP contribution in [0.4, 0.5) is 4.79 Å². The smallest absolute Gasteiger partial charge is 0.408 e. The summed E-state index contributed by atoms with van der Waals surface area (Å²) >= 11 is 0. The van der Waals surface area contributed by atoms with Gasteiger partial charge in [0.15, 0.2) is 0 Å². The molecule has 1 aliphatic rings. The summed E-state index contributed by atoms with van der Waals surface area (Å²) in [6, 6.07) is 14.6. The van der Waals surface area contributed by atoms with Crippen molar-refractivity contribution >= 4 is 17.9 Å². The average molecular weight is 546 g/mol. The van der Waals surface area contributed by atoms with Gasteiger partial charge in [-0.1, -0.05) is 74.7 Å². The topological polar surface area (TPSA) is 87.7 Å². The van der Waals surface area contributed by atoms with Gasteiger partial charge in [0.2, 0.25) is 11.8 Å². The largest absolute Gasteiger partial charge is 0.444 e. The zero-order chi connectivity index (χ0) is 29.4. The Balaban J connectivity index is 2.07. The van der Waals surface area contributed by atoms with E-state index in [9.17, 15) is 14.4 Å². The van der Waals surface area contributed by atoms with Crippen molar-refractivity contribution < 1.29 is 19.1 Å². The van der Waals surface area contributed by atoms with E-state index in [2.05, 4.69) is 30.4 Å². The Morgan fingerprint density at radius 3 is 2.27 bits per heavy atom. The number of rotatable bonds is 11. The van der Waals surface area contributed by atoms with E-state index in [1.54, 1.807) is 31.7 Å². The molecule has 3 amide bonds. The second kappa shape index (κ2) is 13.5. The Morgan fingerprint density at radius 1 is 1.07 bits per heavy atom. The Hall–Kier alpha value is -3.79. The van der Waals surface area contributed by atoms with E-state index in [1.165, 1.54) is 0 Å². The van der Waals surface area contributed by atoms with Gasteiger partial charge in [-0.05, 0) is 63.6 Å². The fourth-order valence-electron chi connectivity index (χ4n) is 4.96. The molecule has 2 N–H and O–H groups in total. The summed E-state index contributed by atoms with van der Waals surface area (Å²) in [6.45, 7) is 11.4. The standard InChI is InChI=1S/C33H43N3O4/c1-8-15-23(4)34-30(37)29(26-19-14-13-18-25(26)9-2)36(28-20-22(28)3)31(38)27(21-24-16-11-10-12-17-24)35-32(39)40-33(5,6)7/h2,10-14,16-19,22-23,27-29H,8,15,20-21H2,1,3-7H3,(H,34,37)(H,35,39). The van der Waals surface area contributed by atoms with E-state index < -0.39 is 23.8 Å². The number of hydrogen-bond donors (Lipinski definition) is 2. The van der Waals surface area contributed by atoms with Gasteiger partial charge in [-0.3, -0.25) is 9.59 Å². The van der Waals surface area contributed by atoms with Crippen LogP contribution < -0.4 is 10.6 Å². The minimum absolute atomic E-state index is 0.0772. The molecule has 0 spiro atoms. The highest BCUT2D eigenvalue weighted by atomic mass is 16.6. The van der Waals surface area contributed by atoms with Crippen molar-refractivity contribution in [1.29, 1.82) is 0 Å². The lowest BCUT2D eigenvalue weighted by Crippen LogP contribution is -2.55. The molecule has 3 rings (SSSR count). The van der Waals surface area contributed by atoms with Gasteiger partial charge in [0.25, 0.3) is 0 Å². The molecule has 0 radical (unpaired) electrons. The number of benzene rings is 2. The Kier molecular flexibility index (Phi) is 10.4. The third-order valence-electron chi connectivity index (χ3n) is 7.00. The number of carbonyl (C=O) groups excluding carboxylic acids is 3. The molecule has 0 heterocycles. The lowest BCUT2D eigenvalue weighted by molar-refractivity contribution is -0.143. The molecule has 1 fully saturated rings. The molecule has 7 nitrogen and oxygen atoms in total. The molecule has 2 aromatic carbocycles. The molecule has 0 aliphatic heterocycles. The fraction of sp³-hybridized carbons (Fsp3) is 0.485. The molecule has 40 heavy (non-hydrogen) atoms. The van der Waals surface area contributed by atoms with Crippen molar-refractivity contribution in [3.8, 4) is 12.3 Å². The molecule has 1 saturated carbocycles. The molecule has 214 valence electrons. The summed E-state index contributed by atoms with van der Waals surface area (Å²) in [7, 11) is 0. The van der Waals surface area contributed by atoms with Crippen LogP contribution in [0.25, 0.3) is 0 Å². The first-order chi connectivity index (χ1) is 18.9. The van der Waals surface area contributed by atoms with Crippen LogP contribution in [-0.4, -0.2) is 46.5 Å². The van der Waals surface area contributed by atoms with Crippen molar-refractivity contribution in [3.63, 3.8) is 0 Å². The predicted octanol–water partition coefficient (Wildman–Crippen LogP) is 5.39. The molecule has 2 aromatic rings. The van der Waals surface area contributed by atoms with Gasteiger partial charge in [0.1, 0.15) is 17.7 Å². The number of amides is 3. The first-order valence-electron chi connectivity index (χ1n) is 14.2. The van der Waals surface area contributed by atoms with Gasteiger partial charge in [0.05, 0.1) is 0 Å². The monoisotopic (exact) mass is 545 g/mol. The van der Waals surface area contributed by atoms with Crippen molar-refractivity contribution in [3.05, 3.63) is 71.3 Å². The van der Waals surface area contributed by atoms with Crippen LogP contribution >= 0.6 is 0 Å². The van der Waals surface area contributed by atoms with Crippen LogP contribution in [0.2, 0.25) is 0 Å². The SMILES string of the molecule is C#Cc1ccccc1C(C(=O)NC(C)CCC)N(C(=O)C(Cc1ccccc1)NC(=O)OC(C)(C)C)C1CC1C. The zero-order valence-electron chi connectivity index (χ0n) is 24.6. The Labute approximate surface area is 239 Å². The molecule has 1 aliphatic carbocycles. The van der Waals surface area contributed by atoms with Crippen LogP contribution in [0.5, 0.6) is 0 Å². The number of nitrogens with zero attached hydrogens (tertiary/aromatic N) is 1. The molecular formula is C33H43N3O4. The molecule has 7 heteroatoms. The van der Waals surface area contributed by atoms with Crippen LogP contribution in [-0.2, 0) is 20.7 Å². The number of carbonyl (C=O) groups is 3. The quantitative estimate of drug-likeness (QED) is 0.371. The van der Waals surface area contributed by atoms with Gasteiger partial charge in [-0.2, -0.15) is 0 Å². The van der Waals surface area contributed by atoms with Gasteiger partial charge < -0.3 is 20.3 Å². The van der Waals surface area contributed by atoms with E-state index in [1.807, 2.05) is 55.5 Å². The van der Waals surface area contributed by atoms with Crippen LogP contribution in [0.15, 0.2) is 54.6 Å². The first-order valence-corrected chi connectivity index (χ1v) is 14.2. The molecule has 5 atom stereocenters. The average Bonchev–Trinajstić information content (AvgIpc) is 3.61. The van der Waals surface area contributed by atoms with Crippen molar-refractivity contribution in [2.45, 2.75) is 97.0 Å². The summed E-state index contributed by atoms with van der Waals surface area (Å²) in [6.07, 6.45) is 7.89. The number of nitrogens with one attached hydrogen (secondary N) is 2. The predicted molar refractivity (Wildman–Crippen MR) is 157 cm³/mol. The number of hydrogen-bond acceptors (Lipinski definition) is 4. The normalized spacial score (nSPS) is 18.4. The zero-order valence-corrected chi connectivity index (χ0v) is 24.6. The van der Waals surface area contributed by atoms with Crippen molar-refractivity contribution in [1.82, 2.24) is 15.5 Å². The molecule has 0 aromatic heterocycles. The van der Waals surface area contributed by atoms with E-state index in [4.69, 9.17) is 11.2 Å². The second-order valence-electron chi connectivity index (χ2n) is 11.7. The summed E-state index contributed by atoms with van der Waals surface area (Å²) < 4.78 is 5.52. The van der Waals surface area contributed by atoms with Crippen LogP contribution in [0.3, 0.4) is 0 Å². The van der Waals surface area contributed by atoms with Crippen LogP contribution in [0.1, 0.15) is 83.5 Å². The molecule has 0 bridgehead atoms. The third-order valence-corrected chi connectivity index (χ3v) is 7.00. The van der Waals surface area contributed by atoms with E-state index in [0.717, 1.165) is 24.8 Å². The highest BCUT2D eigenvalue weighted by Crippen LogP contribution is 2.41. The summed E-state index contributed by atoms with van der Waals surface area (Å²) in [5, 5.41) is 5.92. The third kappa shape index (κ3) is 8.35. The maximum Gasteiger partial charge on any atom is 0.408 e. The van der Waals surface area contributed by atoms with Gasteiger partial charge in [0, 0.05) is 24.1 Å². The fourth-order valence-corrected chi connectivity index (χ4v) is 4.96. The number of terminal acetylenes is 1. The highest BCUT2D eigenvalue weighted by molar-refractivity contribution is 5.93. The minimum Gasteiger partial charge on any atom is -0.444 e. The van der Waals surface area contributed by atoms with Crippen molar-refractivity contribution in [2.75, 3.05) is 0 Å².